The highest BCUT2D eigenvalue weighted by Crippen LogP contribution is 2.18. The lowest BCUT2D eigenvalue weighted by Gasteiger charge is -2.21. The van der Waals surface area contributed by atoms with Gasteiger partial charge in [-0.25, -0.2) is 18.5 Å². The molecule has 128 valence electrons. The van der Waals surface area contributed by atoms with Crippen LogP contribution in [0.15, 0.2) is 43.0 Å². The van der Waals surface area contributed by atoms with Crippen LogP contribution in [0.3, 0.4) is 0 Å². The summed E-state index contributed by atoms with van der Waals surface area (Å²) >= 11 is 0. The van der Waals surface area contributed by atoms with E-state index in [2.05, 4.69) is 11.3 Å². The molecule has 0 saturated carbocycles. The van der Waals surface area contributed by atoms with Crippen molar-refractivity contribution in [1.82, 2.24) is 4.72 Å². The second kappa shape index (κ2) is 9.35. The molecule has 0 spiro atoms. The zero-order valence-corrected chi connectivity index (χ0v) is 14.6. The standard InChI is InChI=1S/C17H26N2O3S/c1-4-6-13-16(10-5-2)23(18,21)19-17(20)22-14(3)15-11-8-7-9-12-15/h4,7-9,11-12,14,16H,1,5-6,10,13H2,2-3H3,(H2,18,19,20,21). The van der Waals surface area contributed by atoms with Crippen molar-refractivity contribution in [2.45, 2.75) is 50.9 Å². The number of hydrogen-bond acceptors (Lipinski definition) is 4. The molecule has 3 unspecified atom stereocenters. The van der Waals surface area contributed by atoms with Gasteiger partial charge in [0, 0.05) is 0 Å². The molecular formula is C17H26N2O3S. The van der Waals surface area contributed by atoms with Gasteiger partial charge in [0.15, 0.2) is 0 Å². The molecule has 5 nitrogen and oxygen atoms in total. The molecule has 0 fully saturated rings. The Kier molecular flexibility index (Phi) is 7.81. The Balaban J connectivity index is 2.67. The monoisotopic (exact) mass is 338 g/mol. The van der Waals surface area contributed by atoms with E-state index >= 15 is 0 Å². The first-order chi connectivity index (χ1) is 10.9. The molecule has 3 atom stereocenters. The van der Waals surface area contributed by atoms with Crippen molar-refractivity contribution in [2.75, 3.05) is 0 Å². The van der Waals surface area contributed by atoms with E-state index < -0.39 is 27.4 Å². The maximum Gasteiger partial charge on any atom is 0.420 e. The molecule has 0 radical (unpaired) electrons. The number of amides is 1. The number of hydrogen-bond donors (Lipinski definition) is 2. The predicted molar refractivity (Wildman–Crippen MR) is 93.5 cm³/mol. The molecule has 0 aromatic heterocycles. The van der Waals surface area contributed by atoms with Crippen LogP contribution in [0.4, 0.5) is 4.79 Å². The minimum absolute atomic E-state index is 0.398. The second-order valence-corrected chi connectivity index (χ2v) is 7.51. The number of carbonyl (C=O) groups excluding carboxylic acids is 1. The summed E-state index contributed by atoms with van der Waals surface area (Å²) in [5.41, 5.74) is 0.843. The third-order valence-electron chi connectivity index (χ3n) is 3.56. The van der Waals surface area contributed by atoms with E-state index in [1.165, 1.54) is 0 Å². The lowest BCUT2D eigenvalue weighted by molar-refractivity contribution is 0.113. The number of ether oxygens (including phenoxy) is 1. The highest BCUT2D eigenvalue weighted by atomic mass is 32.2. The molecule has 1 aromatic rings. The van der Waals surface area contributed by atoms with Crippen LogP contribution >= 0.6 is 0 Å². The topological polar surface area (TPSA) is 79.3 Å². The number of allylic oxidation sites excluding steroid dienone is 1. The molecular weight excluding hydrogens is 312 g/mol. The lowest BCUT2D eigenvalue weighted by atomic mass is 10.1. The van der Waals surface area contributed by atoms with Gasteiger partial charge in [0.2, 0.25) is 0 Å². The highest BCUT2D eigenvalue weighted by Gasteiger charge is 2.24. The van der Waals surface area contributed by atoms with E-state index in [0.29, 0.717) is 19.3 Å². The summed E-state index contributed by atoms with van der Waals surface area (Å²) in [6, 6.07) is 9.28. The molecule has 0 bridgehead atoms. The summed E-state index contributed by atoms with van der Waals surface area (Å²) < 4.78 is 28.0. The van der Waals surface area contributed by atoms with Gasteiger partial charge in [-0.2, -0.15) is 0 Å². The molecule has 1 rings (SSSR count). The van der Waals surface area contributed by atoms with Crippen LogP contribution in [0.1, 0.15) is 51.2 Å². The third-order valence-corrected chi connectivity index (χ3v) is 5.44. The first-order valence-electron chi connectivity index (χ1n) is 7.82. The van der Waals surface area contributed by atoms with Crippen molar-refractivity contribution < 1.29 is 13.7 Å². The van der Waals surface area contributed by atoms with Gasteiger partial charge in [-0.05, 0) is 31.7 Å². The second-order valence-electron chi connectivity index (χ2n) is 5.44. The fraction of sp³-hybridized carbons (Fsp3) is 0.471. The van der Waals surface area contributed by atoms with Crippen LogP contribution < -0.4 is 4.72 Å². The molecule has 0 heterocycles. The van der Waals surface area contributed by atoms with Crippen LogP contribution in [0, 0.1) is 4.78 Å². The van der Waals surface area contributed by atoms with Gasteiger partial charge in [0.25, 0.3) is 0 Å². The molecule has 1 aromatic carbocycles. The van der Waals surface area contributed by atoms with Crippen LogP contribution in [0.2, 0.25) is 0 Å². The van der Waals surface area contributed by atoms with Crippen molar-refractivity contribution in [3.05, 3.63) is 48.6 Å². The Morgan fingerprint density at radius 2 is 2.04 bits per heavy atom. The number of benzene rings is 1. The summed E-state index contributed by atoms with van der Waals surface area (Å²) in [7, 11) is -3.26. The molecule has 0 aliphatic carbocycles. The molecule has 0 aliphatic heterocycles. The van der Waals surface area contributed by atoms with Crippen LogP contribution in [-0.2, 0) is 14.7 Å². The SMILES string of the molecule is C=CCCC(CCC)S(=N)(=O)NC(=O)OC(C)c1ccccc1. The van der Waals surface area contributed by atoms with Crippen molar-refractivity contribution in [2.24, 2.45) is 0 Å². The summed E-state index contributed by atoms with van der Waals surface area (Å²) in [6.07, 6.45) is 3.09. The minimum Gasteiger partial charge on any atom is -0.441 e. The molecule has 6 heteroatoms. The van der Waals surface area contributed by atoms with Gasteiger partial charge in [-0.15, -0.1) is 6.58 Å². The van der Waals surface area contributed by atoms with Gasteiger partial charge in [0.05, 0.1) is 5.25 Å². The first kappa shape index (κ1) is 19.2. The Hall–Kier alpha value is -1.82. The maximum atomic E-state index is 12.5. The quantitative estimate of drug-likeness (QED) is 0.647. The lowest BCUT2D eigenvalue weighted by Crippen LogP contribution is -2.38. The molecule has 0 aliphatic rings. The fourth-order valence-corrected chi connectivity index (χ4v) is 3.78. The van der Waals surface area contributed by atoms with Crippen molar-refractivity contribution in [3.63, 3.8) is 0 Å². The van der Waals surface area contributed by atoms with Crippen molar-refractivity contribution in [1.29, 1.82) is 4.78 Å². The summed E-state index contributed by atoms with van der Waals surface area (Å²) in [5.74, 6) is 0. The predicted octanol–water partition coefficient (Wildman–Crippen LogP) is 4.57. The van der Waals surface area contributed by atoms with Crippen LogP contribution in [-0.4, -0.2) is 15.6 Å². The average Bonchev–Trinajstić information content (AvgIpc) is 2.51. The van der Waals surface area contributed by atoms with Crippen molar-refractivity contribution in [3.8, 4) is 0 Å². The molecule has 2 N–H and O–H groups in total. The average molecular weight is 338 g/mol. The van der Waals surface area contributed by atoms with Gasteiger partial charge in [-0.3, -0.25) is 0 Å². The number of rotatable bonds is 9. The summed E-state index contributed by atoms with van der Waals surface area (Å²) in [6.45, 7) is 7.35. The number of carbonyl (C=O) groups is 1. The smallest absolute Gasteiger partial charge is 0.420 e. The summed E-state index contributed by atoms with van der Waals surface area (Å²) in [5, 5.41) is -0.398. The largest absolute Gasteiger partial charge is 0.441 e. The summed E-state index contributed by atoms with van der Waals surface area (Å²) in [4.78, 5) is 12.0. The zero-order valence-electron chi connectivity index (χ0n) is 13.8. The maximum absolute atomic E-state index is 12.5. The van der Waals surface area contributed by atoms with Gasteiger partial charge < -0.3 is 4.74 Å². The Morgan fingerprint density at radius 3 is 2.61 bits per heavy atom. The molecule has 23 heavy (non-hydrogen) atoms. The van der Waals surface area contributed by atoms with E-state index in [4.69, 9.17) is 9.52 Å². The Morgan fingerprint density at radius 1 is 1.39 bits per heavy atom. The van der Waals surface area contributed by atoms with E-state index in [9.17, 15) is 9.00 Å². The zero-order chi connectivity index (χ0) is 17.3. The van der Waals surface area contributed by atoms with Crippen LogP contribution in [0.5, 0.6) is 0 Å². The third kappa shape index (κ3) is 6.44. The van der Waals surface area contributed by atoms with Crippen LogP contribution in [0.25, 0.3) is 0 Å². The van der Waals surface area contributed by atoms with Gasteiger partial charge >= 0.3 is 6.09 Å². The van der Waals surface area contributed by atoms with E-state index in [-0.39, 0.29) is 0 Å². The Labute approximate surface area is 139 Å². The molecule has 1 amide bonds. The minimum atomic E-state index is -3.26. The first-order valence-corrected chi connectivity index (χ1v) is 9.44. The Bertz CT molecular complexity index is 600. The van der Waals surface area contributed by atoms with Gasteiger partial charge in [0.1, 0.15) is 16.0 Å². The highest BCUT2D eigenvalue weighted by molar-refractivity contribution is 7.91. The number of nitrogens with one attached hydrogen (secondary N) is 2. The fourth-order valence-electron chi connectivity index (χ4n) is 2.29. The van der Waals surface area contributed by atoms with Gasteiger partial charge in [-0.1, -0.05) is 49.8 Å². The van der Waals surface area contributed by atoms with Crippen molar-refractivity contribution >= 4 is 16.0 Å². The molecule has 0 saturated heterocycles. The van der Waals surface area contributed by atoms with E-state index in [1.54, 1.807) is 13.0 Å². The van der Waals surface area contributed by atoms with E-state index in [0.717, 1.165) is 12.0 Å². The van der Waals surface area contributed by atoms with E-state index in [1.807, 2.05) is 37.3 Å². The normalized spacial score (nSPS) is 15.9.